The van der Waals surface area contributed by atoms with Crippen molar-refractivity contribution < 1.29 is 22.3 Å². The minimum atomic E-state index is -4.74. The van der Waals surface area contributed by atoms with Gasteiger partial charge in [-0.1, -0.05) is 12.1 Å². The molecule has 4 aromatic rings. The number of rotatable bonds is 4. The number of ether oxygens (including phenoxy) is 1. The molecule has 0 spiro atoms. The van der Waals surface area contributed by atoms with Crippen molar-refractivity contribution in [1.29, 1.82) is 0 Å². The monoisotopic (exact) mass is 417 g/mol. The Morgan fingerprint density at radius 1 is 1.13 bits per heavy atom. The van der Waals surface area contributed by atoms with E-state index in [1.807, 2.05) is 0 Å². The van der Waals surface area contributed by atoms with Crippen LogP contribution in [0.3, 0.4) is 0 Å². The first-order valence-corrected chi connectivity index (χ1v) is 8.89. The molecule has 4 rings (SSSR count). The van der Waals surface area contributed by atoms with E-state index >= 15 is 0 Å². The van der Waals surface area contributed by atoms with Gasteiger partial charge in [-0.2, -0.15) is 5.10 Å². The molecular formula is C21H15F4N3O2. The van der Waals surface area contributed by atoms with Crippen molar-refractivity contribution in [1.82, 2.24) is 14.8 Å². The van der Waals surface area contributed by atoms with E-state index in [4.69, 9.17) is 0 Å². The lowest BCUT2D eigenvalue weighted by Gasteiger charge is -2.09. The molecule has 0 atom stereocenters. The summed E-state index contributed by atoms with van der Waals surface area (Å²) in [6.45, 7) is 1.96. The summed E-state index contributed by atoms with van der Waals surface area (Å²) >= 11 is 0. The molecule has 5 nitrogen and oxygen atoms in total. The maximum atomic E-state index is 13.5. The van der Waals surface area contributed by atoms with Crippen LogP contribution in [-0.2, 0) is 6.54 Å². The zero-order chi connectivity index (χ0) is 21.5. The Labute approximate surface area is 167 Å². The van der Waals surface area contributed by atoms with Gasteiger partial charge in [-0.15, -0.1) is 13.2 Å². The van der Waals surface area contributed by atoms with E-state index in [2.05, 4.69) is 14.8 Å². The average molecular weight is 417 g/mol. The zero-order valence-electron chi connectivity index (χ0n) is 15.6. The van der Waals surface area contributed by atoms with Crippen molar-refractivity contribution in [2.45, 2.75) is 19.8 Å². The number of fused-ring (bicyclic) bond motifs is 1. The van der Waals surface area contributed by atoms with Gasteiger partial charge in [0.05, 0.1) is 18.4 Å². The van der Waals surface area contributed by atoms with E-state index < -0.39 is 12.2 Å². The van der Waals surface area contributed by atoms with Crippen molar-refractivity contribution in [3.05, 3.63) is 82.0 Å². The number of nitrogens with one attached hydrogen (secondary N) is 1. The molecule has 0 aliphatic rings. The minimum absolute atomic E-state index is 0.268. The second-order valence-electron chi connectivity index (χ2n) is 6.76. The van der Waals surface area contributed by atoms with Gasteiger partial charge in [0, 0.05) is 28.2 Å². The van der Waals surface area contributed by atoms with Crippen LogP contribution in [0.4, 0.5) is 17.6 Å². The van der Waals surface area contributed by atoms with Crippen molar-refractivity contribution >= 4 is 10.9 Å². The van der Waals surface area contributed by atoms with Gasteiger partial charge in [-0.05, 0) is 42.8 Å². The third-order valence-corrected chi connectivity index (χ3v) is 4.62. The maximum Gasteiger partial charge on any atom is 0.573 e. The number of benzene rings is 2. The van der Waals surface area contributed by atoms with Crippen molar-refractivity contribution in [2.75, 3.05) is 0 Å². The first kappa shape index (κ1) is 19.7. The van der Waals surface area contributed by atoms with E-state index in [-0.39, 0.29) is 16.6 Å². The van der Waals surface area contributed by atoms with Crippen molar-refractivity contribution in [3.8, 4) is 17.0 Å². The zero-order valence-corrected chi connectivity index (χ0v) is 15.6. The Balaban J connectivity index is 1.60. The topological polar surface area (TPSA) is 59.9 Å². The van der Waals surface area contributed by atoms with Crippen molar-refractivity contribution in [2.24, 2.45) is 0 Å². The molecule has 0 aliphatic heterocycles. The van der Waals surface area contributed by atoms with Gasteiger partial charge in [-0.25, -0.2) is 4.39 Å². The van der Waals surface area contributed by atoms with Crippen LogP contribution in [-0.4, -0.2) is 21.1 Å². The third-order valence-electron chi connectivity index (χ3n) is 4.62. The molecule has 2 heterocycles. The van der Waals surface area contributed by atoms with Crippen LogP contribution in [0.2, 0.25) is 0 Å². The fourth-order valence-electron chi connectivity index (χ4n) is 3.21. The lowest BCUT2D eigenvalue weighted by molar-refractivity contribution is -0.274. The van der Waals surface area contributed by atoms with Gasteiger partial charge in [0.15, 0.2) is 5.43 Å². The number of halogens is 4. The molecule has 1 N–H and O–H groups in total. The number of aromatic amines is 1. The number of aromatic nitrogens is 3. The summed E-state index contributed by atoms with van der Waals surface area (Å²) in [7, 11) is 0. The molecule has 30 heavy (non-hydrogen) atoms. The average Bonchev–Trinajstić information content (AvgIpc) is 3.14. The van der Waals surface area contributed by atoms with Crippen LogP contribution >= 0.6 is 0 Å². The number of nitrogens with zero attached hydrogens (tertiary/aromatic N) is 2. The molecule has 2 aromatic carbocycles. The van der Waals surface area contributed by atoms with E-state index in [0.717, 1.165) is 5.56 Å². The second kappa shape index (κ2) is 7.33. The van der Waals surface area contributed by atoms with Gasteiger partial charge in [0.1, 0.15) is 11.6 Å². The minimum Gasteiger partial charge on any atom is -0.406 e. The summed E-state index contributed by atoms with van der Waals surface area (Å²) in [6, 6.07) is 9.46. The summed E-state index contributed by atoms with van der Waals surface area (Å²) in [5.74, 6) is -0.784. The Bertz CT molecular complexity index is 1270. The lowest BCUT2D eigenvalue weighted by Crippen LogP contribution is -2.17. The molecule has 0 radical (unpaired) electrons. The fraction of sp³-hybridized carbons (Fsp3) is 0.143. The van der Waals surface area contributed by atoms with Gasteiger partial charge >= 0.3 is 6.36 Å². The smallest absolute Gasteiger partial charge is 0.406 e. The quantitative estimate of drug-likeness (QED) is 0.486. The van der Waals surface area contributed by atoms with Crippen molar-refractivity contribution in [3.63, 3.8) is 0 Å². The highest BCUT2D eigenvalue weighted by Crippen LogP contribution is 2.24. The molecule has 0 amide bonds. The standard InChI is InChI=1S/C21H15F4N3O2/c1-12-19(27-18-7-4-15(22)8-17(18)20(12)29)14-9-26-28(11-14)10-13-2-5-16(6-3-13)30-21(23,24)25/h2-9,11H,10H2,1H3,(H,27,29). The molecule has 0 saturated heterocycles. The number of hydrogen-bond donors (Lipinski definition) is 1. The lowest BCUT2D eigenvalue weighted by atomic mass is 10.1. The van der Waals surface area contributed by atoms with Crippen LogP contribution in [0.5, 0.6) is 5.75 Å². The predicted octanol–water partition coefficient (Wildman–Crippen LogP) is 4.79. The van der Waals surface area contributed by atoms with Gasteiger partial charge in [0.2, 0.25) is 0 Å². The number of alkyl halides is 3. The maximum absolute atomic E-state index is 13.5. The van der Waals surface area contributed by atoms with Crippen LogP contribution in [0.1, 0.15) is 11.1 Å². The van der Waals surface area contributed by atoms with Crippen LogP contribution in [0.15, 0.2) is 59.7 Å². The van der Waals surface area contributed by atoms with Crippen LogP contribution < -0.4 is 10.2 Å². The summed E-state index contributed by atoms with van der Waals surface area (Å²) in [5.41, 5.74) is 2.62. The number of pyridine rings is 1. The summed E-state index contributed by atoms with van der Waals surface area (Å²) in [6.07, 6.45) is -1.44. The van der Waals surface area contributed by atoms with Crippen LogP contribution in [0, 0.1) is 12.7 Å². The first-order valence-electron chi connectivity index (χ1n) is 8.89. The SMILES string of the molecule is Cc1c(-c2cnn(Cc3ccc(OC(F)(F)F)cc3)c2)[nH]c2ccc(F)cc2c1=O. The number of hydrogen-bond acceptors (Lipinski definition) is 3. The van der Waals surface area contributed by atoms with Gasteiger partial charge in [0.25, 0.3) is 0 Å². The van der Waals surface area contributed by atoms with E-state index in [1.54, 1.807) is 24.0 Å². The Hall–Kier alpha value is -3.62. The fourth-order valence-corrected chi connectivity index (χ4v) is 3.21. The van der Waals surface area contributed by atoms with E-state index in [9.17, 15) is 22.4 Å². The molecule has 0 fully saturated rings. The first-order chi connectivity index (χ1) is 14.2. The predicted molar refractivity (Wildman–Crippen MR) is 103 cm³/mol. The molecule has 0 saturated carbocycles. The van der Waals surface area contributed by atoms with Gasteiger partial charge < -0.3 is 9.72 Å². The summed E-state index contributed by atoms with van der Waals surface area (Å²) < 4.78 is 55.7. The van der Waals surface area contributed by atoms with E-state index in [0.29, 0.717) is 28.9 Å². The molecule has 2 aromatic heterocycles. The van der Waals surface area contributed by atoms with Gasteiger partial charge in [-0.3, -0.25) is 9.48 Å². The van der Waals surface area contributed by atoms with E-state index in [1.165, 1.54) is 42.5 Å². The highest BCUT2D eigenvalue weighted by molar-refractivity contribution is 5.83. The Morgan fingerprint density at radius 3 is 2.57 bits per heavy atom. The molecule has 0 aliphatic carbocycles. The molecule has 154 valence electrons. The number of H-pyrrole nitrogens is 1. The normalized spacial score (nSPS) is 11.8. The van der Waals surface area contributed by atoms with Crippen LogP contribution in [0.25, 0.3) is 22.2 Å². The molecule has 0 unspecified atom stereocenters. The summed E-state index contributed by atoms with van der Waals surface area (Å²) in [5, 5.41) is 4.53. The highest BCUT2D eigenvalue weighted by Gasteiger charge is 2.30. The third kappa shape index (κ3) is 4.05. The molecule has 9 heteroatoms. The molecular weight excluding hydrogens is 402 g/mol. The largest absolute Gasteiger partial charge is 0.573 e. The Kier molecular flexibility index (Phi) is 4.81. The molecule has 0 bridgehead atoms. The summed E-state index contributed by atoms with van der Waals surface area (Å²) in [4.78, 5) is 15.7. The highest BCUT2D eigenvalue weighted by atomic mass is 19.4. The second-order valence-corrected chi connectivity index (χ2v) is 6.76. The Morgan fingerprint density at radius 2 is 1.87 bits per heavy atom.